The van der Waals surface area contributed by atoms with E-state index in [4.69, 9.17) is 11.6 Å². The summed E-state index contributed by atoms with van der Waals surface area (Å²) in [5, 5.41) is 13.8. The lowest BCUT2D eigenvalue weighted by Crippen LogP contribution is -2.20. The van der Waals surface area contributed by atoms with Crippen LogP contribution in [-0.2, 0) is 6.54 Å². The lowest BCUT2D eigenvalue weighted by Gasteiger charge is -2.18. The summed E-state index contributed by atoms with van der Waals surface area (Å²) in [7, 11) is 0. The third kappa shape index (κ3) is 3.98. The van der Waals surface area contributed by atoms with E-state index >= 15 is 0 Å². The van der Waals surface area contributed by atoms with Crippen molar-refractivity contribution in [3.05, 3.63) is 63.1 Å². The van der Waals surface area contributed by atoms with Crippen LogP contribution < -0.4 is 5.32 Å². The van der Waals surface area contributed by atoms with Gasteiger partial charge in [-0.1, -0.05) is 36.7 Å². The second kappa shape index (κ2) is 7.11. The first-order chi connectivity index (χ1) is 9.60. The van der Waals surface area contributed by atoms with Crippen LogP contribution in [0, 0.1) is 0 Å². The van der Waals surface area contributed by atoms with Gasteiger partial charge in [0.05, 0.1) is 4.47 Å². The van der Waals surface area contributed by atoms with Crippen molar-refractivity contribution in [1.29, 1.82) is 0 Å². The Bertz CT molecular complexity index is 588. The molecule has 0 aliphatic carbocycles. The minimum atomic E-state index is 0.260. The molecule has 0 saturated carbocycles. The Kier molecular flexibility index (Phi) is 5.46. The molecule has 0 aliphatic rings. The van der Waals surface area contributed by atoms with Crippen molar-refractivity contribution in [2.24, 2.45) is 0 Å². The lowest BCUT2D eigenvalue weighted by atomic mass is 10.0. The van der Waals surface area contributed by atoms with Gasteiger partial charge in [0.15, 0.2) is 0 Å². The maximum Gasteiger partial charge on any atom is 0.129 e. The van der Waals surface area contributed by atoms with Crippen molar-refractivity contribution in [1.82, 2.24) is 5.32 Å². The third-order valence-corrected chi connectivity index (χ3v) is 4.09. The molecule has 0 radical (unpaired) electrons. The van der Waals surface area contributed by atoms with Gasteiger partial charge in [-0.15, -0.1) is 0 Å². The van der Waals surface area contributed by atoms with Gasteiger partial charge in [-0.2, -0.15) is 0 Å². The molecule has 0 aliphatic heterocycles. The molecule has 0 amide bonds. The van der Waals surface area contributed by atoms with Crippen LogP contribution >= 0.6 is 27.5 Å². The van der Waals surface area contributed by atoms with Crippen molar-refractivity contribution in [3.63, 3.8) is 0 Å². The topological polar surface area (TPSA) is 32.3 Å². The average molecular weight is 355 g/mol. The van der Waals surface area contributed by atoms with Crippen LogP contribution in [0.2, 0.25) is 5.02 Å². The molecule has 2 N–H and O–H groups in total. The number of phenols is 1. The number of benzene rings is 2. The summed E-state index contributed by atoms with van der Waals surface area (Å²) in [4.78, 5) is 0. The van der Waals surface area contributed by atoms with Gasteiger partial charge in [0.1, 0.15) is 5.75 Å². The fourth-order valence-electron chi connectivity index (χ4n) is 2.12. The first-order valence-electron chi connectivity index (χ1n) is 6.56. The molecule has 0 fully saturated rings. The molecule has 106 valence electrons. The van der Waals surface area contributed by atoms with E-state index in [0.717, 1.165) is 23.6 Å². The predicted octanol–water partition coefficient (Wildman–Crippen LogP) is 5.05. The quantitative estimate of drug-likeness (QED) is 0.787. The molecule has 0 saturated heterocycles. The highest BCUT2D eigenvalue weighted by Gasteiger charge is 2.09. The Morgan fingerprint density at radius 2 is 2.05 bits per heavy atom. The molecule has 0 aromatic heterocycles. The van der Waals surface area contributed by atoms with Crippen LogP contribution in [0.4, 0.5) is 0 Å². The molecule has 20 heavy (non-hydrogen) atoms. The highest BCUT2D eigenvalue weighted by Crippen LogP contribution is 2.25. The Morgan fingerprint density at radius 3 is 2.70 bits per heavy atom. The minimum absolute atomic E-state index is 0.260. The molecular weight excluding hydrogens is 338 g/mol. The SMILES string of the molecule is CCC(NCc1ccc(O)c(Br)c1)c1cccc(Cl)c1. The van der Waals surface area contributed by atoms with Crippen LogP contribution in [0.15, 0.2) is 46.9 Å². The average Bonchev–Trinajstić information content (AvgIpc) is 2.43. The van der Waals surface area contributed by atoms with Crippen LogP contribution in [-0.4, -0.2) is 5.11 Å². The van der Waals surface area contributed by atoms with Gasteiger partial charge in [-0.25, -0.2) is 0 Å². The number of hydrogen-bond donors (Lipinski definition) is 2. The number of halogens is 2. The zero-order chi connectivity index (χ0) is 14.5. The van der Waals surface area contributed by atoms with Crippen LogP contribution in [0.1, 0.15) is 30.5 Å². The van der Waals surface area contributed by atoms with Crippen molar-refractivity contribution in [2.75, 3.05) is 0 Å². The van der Waals surface area contributed by atoms with E-state index in [1.165, 1.54) is 5.56 Å². The van der Waals surface area contributed by atoms with E-state index in [9.17, 15) is 5.11 Å². The number of hydrogen-bond acceptors (Lipinski definition) is 2. The van der Waals surface area contributed by atoms with Gasteiger partial charge >= 0.3 is 0 Å². The van der Waals surface area contributed by atoms with Crippen molar-refractivity contribution < 1.29 is 5.11 Å². The molecule has 2 nitrogen and oxygen atoms in total. The largest absolute Gasteiger partial charge is 0.507 e. The van der Waals surface area contributed by atoms with Crippen LogP contribution in [0.25, 0.3) is 0 Å². The van der Waals surface area contributed by atoms with E-state index in [0.29, 0.717) is 4.47 Å². The normalized spacial score (nSPS) is 12.3. The second-order valence-corrected chi connectivity index (χ2v) is 5.97. The van der Waals surface area contributed by atoms with Gasteiger partial charge in [0, 0.05) is 17.6 Å². The van der Waals surface area contributed by atoms with Crippen molar-refractivity contribution in [3.8, 4) is 5.75 Å². The van der Waals surface area contributed by atoms with Gasteiger partial charge < -0.3 is 10.4 Å². The summed E-state index contributed by atoms with van der Waals surface area (Å²) in [6.07, 6.45) is 0.986. The first-order valence-corrected chi connectivity index (χ1v) is 7.73. The summed E-state index contributed by atoms with van der Waals surface area (Å²) in [5.41, 5.74) is 2.31. The molecule has 4 heteroatoms. The highest BCUT2D eigenvalue weighted by atomic mass is 79.9. The molecule has 0 spiro atoms. The van der Waals surface area contributed by atoms with Gasteiger partial charge in [0.25, 0.3) is 0 Å². The molecule has 2 rings (SSSR count). The Labute approximate surface area is 132 Å². The molecule has 1 atom stereocenters. The molecule has 0 heterocycles. The molecule has 0 bridgehead atoms. The molecule has 2 aromatic rings. The Balaban J connectivity index is 2.05. The van der Waals surface area contributed by atoms with Gasteiger partial charge in [-0.05, 0) is 57.7 Å². The van der Waals surface area contributed by atoms with E-state index in [-0.39, 0.29) is 11.8 Å². The molecular formula is C16H17BrClNO. The van der Waals surface area contributed by atoms with E-state index < -0.39 is 0 Å². The highest BCUT2D eigenvalue weighted by molar-refractivity contribution is 9.10. The molecule has 1 unspecified atom stereocenters. The van der Waals surface area contributed by atoms with Crippen molar-refractivity contribution in [2.45, 2.75) is 25.9 Å². The first kappa shape index (κ1) is 15.4. The van der Waals surface area contributed by atoms with Crippen LogP contribution in [0.5, 0.6) is 5.75 Å². The standard InChI is InChI=1S/C16H17BrClNO/c1-2-15(12-4-3-5-13(18)9-12)19-10-11-6-7-16(20)14(17)8-11/h3-9,15,19-20H,2,10H2,1H3. The molecule has 2 aromatic carbocycles. The Morgan fingerprint density at radius 1 is 1.25 bits per heavy atom. The Hall–Kier alpha value is -1.03. The van der Waals surface area contributed by atoms with Crippen LogP contribution in [0.3, 0.4) is 0 Å². The summed E-state index contributed by atoms with van der Waals surface area (Å²) in [6.45, 7) is 2.88. The maximum absolute atomic E-state index is 9.49. The minimum Gasteiger partial charge on any atom is -0.507 e. The number of aromatic hydroxyl groups is 1. The monoisotopic (exact) mass is 353 g/mol. The maximum atomic E-state index is 9.49. The predicted molar refractivity (Wildman–Crippen MR) is 87.1 cm³/mol. The van der Waals surface area contributed by atoms with Crippen molar-refractivity contribution >= 4 is 27.5 Å². The summed E-state index contributed by atoms with van der Waals surface area (Å²) >= 11 is 9.37. The number of phenolic OH excluding ortho intramolecular Hbond substituents is 1. The number of nitrogens with one attached hydrogen (secondary N) is 1. The fraction of sp³-hybridized carbons (Fsp3) is 0.250. The zero-order valence-corrected chi connectivity index (χ0v) is 13.6. The summed E-state index contributed by atoms with van der Waals surface area (Å²) < 4.78 is 0.715. The second-order valence-electron chi connectivity index (χ2n) is 4.68. The van der Waals surface area contributed by atoms with Gasteiger partial charge in [0.2, 0.25) is 0 Å². The fourth-order valence-corrected chi connectivity index (χ4v) is 2.75. The summed E-state index contributed by atoms with van der Waals surface area (Å²) in [5.74, 6) is 0.260. The van der Waals surface area contributed by atoms with E-state index in [2.05, 4.69) is 34.2 Å². The zero-order valence-electron chi connectivity index (χ0n) is 11.2. The van der Waals surface area contributed by atoms with Gasteiger partial charge in [-0.3, -0.25) is 0 Å². The smallest absolute Gasteiger partial charge is 0.129 e. The van der Waals surface area contributed by atoms with E-state index in [1.807, 2.05) is 30.3 Å². The van der Waals surface area contributed by atoms with E-state index in [1.54, 1.807) is 6.07 Å². The lowest BCUT2D eigenvalue weighted by molar-refractivity contribution is 0.471. The third-order valence-electron chi connectivity index (χ3n) is 3.22. The summed E-state index contributed by atoms with van der Waals surface area (Å²) in [6, 6.07) is 13.7. The number of rotatable bonds is 5.